The maximum atomic E-state index is 6.53. The molecule has 3 heteroatoms. The van der Waals surface area contributed by atoms with Gasteiger partial charge in [0.15, 0.2) is 0 Å². The number of benzene rings is 2. The SMILES string of the molecule is CCn1c(C(N)c2ccc(C(C)(C)C)cc2)nc2ccccc21. The van der Waals surface area contributed by atoms with Gasteiger partial charge in [0.1, 0.15) is 5.82 Å². The first-order valence-corrected chi connectivity index (χ1v) is 8.23. The largest absolute Gasteiger partial charge is 0.327 e. The van der Waals surface area contributed by atoms with Gasteiger partial charge in [0.2, 0.25) is 0 Å². The summed E-state index contributed by atoms with van der Waals surface area (Å²) in [6.07, 6.45) is 0. The zero-order chi connectivity index (χ0) is 16.6. The first-order valence-electron chi connectivity index (χ1n) is 8.23. The molecule has 0 saturated carbocycles. The Bertz CT molecular complexity index is 807. The quantitative estimate of drug-likeness (QED) is 0.779. The molecule has 2 N–H and O–H groups in total. The van der Waals surface area contributed by atoms with Gasteiger partial charge in [0, 0.05) is 6.54 Å². The molecule has 0 bridgehead atoms. The lowest BCUT2D eigenvalue weighted by atomic mass is 9.86. The average molecular weight is 307 g/mol. The van der Waals surface area contributed by atoms with Crippen LogP contribution in [0.3, 0.4) is 0 Å². The van der Waals surface area contributed by atoms with E-state index < -0.39 is 0 Å². The normalized spacial score (nSPS) is 13.4. The van der Waals surface area contributed by atoms with Gasteiger partial charge in [0.25, 0.3) is 0 Å². The number of hydrogen-bond acceptors (Lipinski definition) is 2. The predicted octanol–water partition coefficient (Wildman–Crippen LogP) is 4.40. The maximum Gasteiger partial charge on any atom is 0.131 e. The Morgan fingerprint density at radius 2 is 1.70 bits per heavy atom. The van der Waals surface area contributed by atoms with Gasteiger partial charge in [-0.05, 0) is 35.6 Å². The van der Waals surface area contributed by atoms with Gasteiger partial charge < -0.3 is 10.3 Å². The topological polar surface area (TPSA) is 43.8 Å². The van der Waals surface area contributed by atoms with Crippen molar-refractivity contribution in [3.63, 3.8) is 0 Å². The number of rotatable bonds is 3. The smallest absolute Gasteiger partial charge is 0.131 e. The molecule has 0 aliphatic rings. The summed E-state index contributed by atoms with van der Waals surface area (Å²) in [5.41, 5.74) is 11.3. The Balaban J connectivity index is 2.01. The molecule has 0 aliphatic carbocycles. The molecular weight excluding hydrogens is 282 g/mol. The van der Waals surface area contributed by atoms with Crippen molar-refractivity contribution in [2.45, 2.75) is 45.7 Å². The Kier molecular flexibility index (Phi) is 3.99. The van der Waals surface area contributed by atoms with Crippen LogP contribution < -0.4 is 5.73 Å². The van der Waals surface area contributed by atoms with Crippen molar-refractivity contribution in [3.8, 4) is 0 Å². The summed E-state index contributed by atoms with van der Waals surface area (Å²) in [6, 6.07) is 16.6. The Morgan fingerprint density at radius 1 is 1.04 bits per heavy atom. The Hall–Kier alpha value is -2.13. The minimum absolute atomic E-state index is 0.152. The molecule has 0 saturated heterocycles. The third-order valence-electron chi connectivity index (χ3n) is 4.41. The number of imidazole rings is 1. The third-order valence-corrected chi connectivity index (χ3v) is 4.41. The second-order valence-corrected chi connectivity index (χ2v) is 7.05. The van der Waals surface area contributed by atoms with Crippen LogP contribution in [0.5, 0.6) is 0 Å². The van der Waals surface area contributed by atoms with Crippen molar-refractivity contribution in [2.75, 3.05) is 0 Å². The van der Waals surface area contributed by atoms with E-state index in [0.29, 0.717) is 0 Å². The van der Waals surface area contributed by atoms with E-state index in [1.54, 1.807) is 0 Å². The van der Waals surface area contributed by atoms with Gasteiger partial charge in [-0.15, -0.1) is 0 Å². The molecule has 1 atom stereocenters. The van der Waals surface area contributed by atoms with E-state index in [2.05, 4.69) is 62.6 Å². The van der Waals surface area contributed by atoms with Crippen LogP contribution >= 0.6 is 0 Å². The van der Waals surface area contributed by atoms with E-state index in [0.717, 1.165) is 29.0 Å². The van der Waals surface area contributed by atoms with Crippen molar-refractivity contribution in [1.82, 2.24) is 9.55 Å². The lowest BCUT2D eigenvalue weighted by molar-refractivity contribution is 0.589. The number of aromatic nitrogens is 2. The number of aryl methyl sites for hydroxylation is 1. The first-order chi connectivity index (χ1) is 10.9. The standard InChI is InChI=1S/C20H25N3/c1-5-23-17-9-7-6-8-16(17)22-19(23)18(21)14-10-12-15(13-11-14)20(2,3)4/h6-13,18H,5,21H2,1-4H3. The number of para-hydroxylation sites is 2. The molecule has 1 aromatic heterocycles. The Labute approximate surface area is 138 Å². The molecule has 1 heterocycles. The van der Waals surface area contributed by atoms with Gasteiger partial charge in [-0.25, -0.2) is 4.98 Å². The van der Waals surface area contributed by atoms with E-state index in [9.17, 15) is 0 Å². The zero-order valence-electron chi connectivity index (χ0n) is 14.4. The fourth-order valence-electron chi connectivity index (χ4n) is 3.00. The lowest BCUT2D eigenvalue weighted by Gasteiger charge is -2.20. The van der Waals surface area contributed by atoms with Gasteiger partial charge >= 0.3 is 0 Å². The summed E-state index contributed by atoms with van der Waals surface area (Å²) in [7, 11) is 0. The average Bonchev–Trinajstić information content (AvgIpc) is 2.92. The predicted molar refractivity (Wildman–Crippen MR) is 96.6 cm³/mol. The highest BCUT2D eigenvalue weighted by Gasteiger charge is 2.19. The van der Waals surface area contributed by atoms with E-state index >= 15 is 0 Å². The van der Waals surface area contributed by atoms with Crippen molar-refractivity contribution < 1.29 is 0 Å². The second-order valence-electron chi connectivity index (χ2n) is 7.05. The highest BCUT2D eigenvalue weighted by Crippen LogP contribution is 2.27. The van der Waals surface area contributed by atoms with Crippen LogP contribution in [0.1, 0.15) is 50.7 Å². The van der Waals surface area contributed by atoms with Crippen molar-refractivity contribution in [3.05, 3.63) is 65.5 Å². The van der Waals surface area contributed by atoms with Crippen LogP contribution in [-0.2, 0) is 12.0 Å². The molecule has 120 valence electrons. The summed E-state index contributed by atoms with van der Waals surface area (Å²) in [6.45, 7) is 9.66. The molecule has 3 nitrogen and oxygen atoms in total. The second kappa shape index (κ2) is 5.82. The zero-order valence-corrected chi connectivity index (χ0v) is 14.4. The Morgan fingerprint density at radius 3 is 2.30 bits per heavy atom. The van der Waals surface area contributed by atoms with Crippen molar-refractivity contribution in [2.24, 2.45) is 5.73 Å². The van der Waals surface area contributed by atoms with E-state index in [4.69, 9.17) is 10.7 Å². The van der Waals surface area contributed by atoms with Crippen molar-refractivity contribution >= 4 is 11.0 Å². The minimum Gasteiger partial charge on any atom is -0.327 e. The number of nitrogens with two attached hydrogens (primary N) is 1. The molecule has 3 aromatic rings. The fraction of sp³-hybridized carbons (Fsp3) is 0.350. The lowest BCUT2D eigenvalue weighted by Crippen LogP contribution is -2.18. The summed E-state index contributed by atoms with van der Waals surface area (Å²) >= 11 is 0. The monoisotopic (exact) mass is 307 g/mol. The summed E-state index contributed by atoms with van der Waals surface area (Å²) in [4.78, 5) is 4.77. The van der Waals surface area contributed by atoms with Crippen LogP contribution in [-0.4, -0.2) is 9.55 Å². The fourth-order valence-corrected chi connectivity index (χ4v) is 3.00. The molecule has 1 unspecified atom stereocenters. The minimum atomic E-state index is -0.212. The molecule has 0 fully saturated rings. The number of hydrogen-bond donors (Lipinski definition) is 1. The highest BCUT2D eigenvalue weighted by atomic mass is 15.1. The number of nitrogens with zero attached hydrogens (tertiary/aromatic N) is 2. The summed E-state index contributed by atoms with van der Waals surface area (Å²) in [5, 5.41) is 0. The van der Waals surface area contributed by atoms with Crippen molar-refractivity contribution in [1.29, 1.82) is 0 Å². The molecule has 2 aromatic carbocycles. The first kappa shape index (κ1) is 15.8. The van der Waals surface area contributed by atoms with Crippen LogP contribution in [0.4, 0.5) is 0 Å². The van der Waals surface area contributed by atoms with Gasteiger partial charge in [-0.3, -0.25) is 0 Å². The van der Waals surface area contributed by atoms with E-state index in [1.807, 2.05) is 18.2 Å². The molecule has 3 rings (SSSR count). The van der Waals surface area contributed by atoms with Crippen LogP contribution in [0.15, 0.2) is 48.5 Å². The summed E-state index contributed by atoms with van der Waals surface area (Å²) < 4.78 is 2.21. The molecule has 0 amide bonds. The molecule has 0 aliphatic heterocycles. The van der Waals surface area contributed by atoms with Crippen LogP contribution in [0, 0.1) is 0 Å². The van der Waals surface area contributed by atoms with E-state index in [-0.39, 0.29) is 11.5 Å². The summed E-state index contributed by atoms with van der Waals surface area (Å²) in [5.74, 6) is 0.928. The molecular formula is C20H25N3. The van der Waals surface area contributed by atoms with Crippen LogP contribution in [0.2, 0.25) is 0 Å². The highest BCUT2D eigenvalue weighted by molar-refractivity contribution is 5.76. The van der Waals surface area contributed by atoms with Gasteiger partial charge in [-0.1, -0.05) is 57.2 Å². The maximum absolute atomic E-state index is 6.53. The molecule has 0 spiro atoms. The van der Waals surface area contributed by atoms with Gasteiger partial charge in [-0.2, -0.15) is 0 Å². The number of fused-ring (bicyclic) bond motifs is 1. The van der Waals surface area contributed by atoms with Gasteiger partial charge in [0.05, 0.1) is 17.1 Å². The molecule has 0 radical (unpaired) electrons. The van der Waals surface area contributed by atoms with Crippen LogP contribution in [0.25, 0.3) is 11.0 Å². The molecule has 23 heavy (non-hydrogen) atoms. The third kappa shape index (κ3) is 2.89. The van der Waals surface area contributed by atoms with E-state index in [1.165, 1.54) is 5.56 Å².